The summed E-state index contributed by atoms with van der Waals surface area (Å²) < 4.78 is 14.5. The van der Waals surface area contributed by atoms with Gasteiger partial charge in [-0.3, -0.25) is 19.1 Å². The highest BCUT2D eigenvalue weighted by Gasteiger charge is 2.21. The molecule has 0 spiro atoms. The molecule has 0 saturated carbocycles. The average Bonchev–Trinajstić information content (AvgIpc) is 3.66. The molecule has 0 radical (unpaired) electrons. The molecule has 0 unspecified atom stereocenters. The van der Waals surface area contributed by atoms with Crippen molar-refractivity contribution in [3.63, 3.8) is 0 Å². The fraction of sp³-hybridized carbons (Fsp3) is 0.292. The molecule has 1 saturated heterocycles. The van der Waals surface area contributed by atoms with Gasteiger partial charge >= 0.3 is 4.87 Å². The summed E-state index contributed by atoms with van der Waals surface area (Å²) in [6.45, 7) is 4.46. The van der Waals surface area contributed by atoms with Crippen LogP contribution >= 0.6 is 11.3 Å². The van der Waals surface area contributed by atoms with Gasteiger partial charge in [0.05, 0.1) is 6.26 Å². The van der Waals surface area contributed by atoms with Crippen LogP contribution in [0.3, 0.4) is 0 Å². The summed E-state index contributed by atoms with van der Waals surface area (Å²) in [5.41, 5.74) is 13.4. The molecule has 196 valence electrons. The number of amides is 1. The second kappa shape index (κ2) is 9.79. The number of nitrogens with two attached hydrogens (primary N) is 2. The maximum atomic E-state index is 12.9. The summed E-state index contributed by atoms with van der Waals surface area (Å²) in [4.78, 5) is 37.3. The quantitative estimate of drug-likeness (QED) is 0.293. The van der Waals surface area contributed by atoms with Crippen molar-refractivity contribution in [1.82, 2.24) is 29.0 Å². The third-order valence-corrected chi connectivity index (χ3v) is 7.42. The number of aromatic nitrogens is 5. The molecule has 5 aromatic rings. The Bertz CT molecular complexity index is 1650. The predicted molar refractivity (Wildman–Crippen MR) is 142 cm³/mol. The first-order valence-corrected chi connectivity index (χ1v) is 12.9. The van der Waals surface area contributed by atoms with Gasteiger partial charge in [0.25, 0.3) is 5.91 Å². The molecule has 13 nitrogen and oxygen atoms in total. The zero-order chi connectivity index (χ0) is 26.2. The molecule has 0 bridgehead atoms. The van der Waals surface area contributed by atoms with Crippen LogP contribution in [0.4, 0.5) is 11.6 Å². The minimum atomic E-state index is -0.506. The van der Waals surface area contributed by atoms with E-state index in [0.29, 0.717) is 46.4 Å². The van der Waals surface area contributed by atoms with Gasteiger partial charge in [-0.15, -0.1) is 5.10 Å². The molecule has 38 heavy (non-hydrogen) atoms. The lowest BCUT2D eigenvalue weighted by atomic mass is 10.2. The SMILES string of the molecule is NC(=O)COc1ccc(N2CCN(CCn3c(=O)sc4c3nc(N)n3nc(-c5ccco5)nc43)CC2)cc1. The third kappa shape index (κ3) is 4.54. The van der Waals surface area contributed by atoms with E-state index in [-0.39, 0.29) is 17.4 Å². The van der Waals surface area contributed by atoms with Crippen molar-refractivity contribution in [3.8, 4) is 17.3 Å². The Hall–Kier alpha value is -4.43. The average molecular weight is 536 g/mol. The minimum Gasteiger partial charge on any atom is -0.484 e. The molecule has 4 aromatic heterocycles. The number of nitrogen functional groups attached to an aromatic ring is 1. The zero-order valence-electron chi connectivity index (χ0n) is 20.3. The fourth-order valence-corrected chi connectivity index (χ4v) is 5.45. The van der Waals surface area contributed by atoms with E-state index in [1.165, 1.54) is 4.52 Å². The Morgan fingerprint density at radius 1 is 1.05 bits per heavy atom. The number of hydrogen-bond donors (Lipinski definition) is 2. The molecule has 4 N–H and O–H groups in total. The molecule has 1 fully saturated rings. The van der Waals surface area contributed by atoms with Crippen molar-refractivity contribution in [2.45, 2.75) is 6.54 Å². The number of fused-ring (bicyclic) bond motifs is 3. The van der Waals surface area contributed by atoms with Gasteiger partial charge in [-0.25, -0.2) is 4.98 Å². The second-order valence-corrected chi connectivity index (χ2v) is 9.83. The number of thiazole rings is 1. The maximum absolute atomic E-state index is 12.9. The summed E-state index contributed by atoms with van der Waals surface area (Å²) in [6.07, 6.45) is 1.55. The van der Waals surface area contributed by atoms with Gasteiger partial charge in [0.15, 0.2) is 23.7 Å². The van der Waals surface area contributed by atoms with Crippen molar-refractivity contribution >= 4 is 44.9 Å². The minimum absolute atomic E-state index is 0.111. The van der Waals surface area contributed by atoms with Crippen LogP contribution in [0.2, 0.25) is 0 Å². The highest BCUT2D eigenvalue weighted by Crippen LogP contribution is 2.26. The van der Waals surface area contributed by atoms with E-state index in [9.17, 15) is 9.59 Å². The highest BCUT2D eigenvalue weighted by atomic mass is 32.1. The van der Waals surface area contributed by atoms with E-state index in [0.717, 1.165) is 43.2 Å². The number of carbonyl (C=O) groups excluding carboxylic acids is 1. The zero-order valence-corrected chi connectivity index (χ0v) is 21.1. The van der Waals surface area contributed by atoms with Crippen molar-refractivity contribution in [3.05, 3.63) is 52.3 Å². The molecule has 1 aromatic carbocycles. The van der Waals surface area contributed by atoms with E-state index < -0.39 is 5.91 Å². The Kier molecular flexibility index (Phi) is 6.17. The predicted octanol–water partition coefficient (Wildman–Crippen LogP) is 1.03. The summed E-state index contributed by atoms with van der Waals surface area (Å²) in [5.74, 6) is 1.15. The van der Waals surface area contributed by atoms with Crippen molar-refractivity contribution in [2.24, 2.45) is 5.73 Å². The van der Waals surface area contributed by atoms with Gasteiger partial charge in [0.2, 0.25) is 11.8 Å². The third-order valence-electron chi connectivity index (χ3n) is 6.45. The van der Waals surface area contributed by atoms with Crippen LogP contribution in [0.5, 0.6) is 5.75 Å². The number of anilines is 2. The first-order chi connectivity index (χ1) is 18.5. The van der Waals surface area contributed by atoms with Crippen LogP contribution in [0.1, 0.15) is 0 Å². The second-order valence-electron chi connectivity index (χ2n) is 8.87. The largest absolute Gasteiger partial charge is 0.484 e. The van der Waals surface area contributed by atoms with Crippen molar-refractivity contribution < 1.29 is 13.9 Å². The lowest BCUT2D eigenvalue weighted by molar-refractivity contribution is -0.119. The fourth-order valence-electron chi connectivity index (χ4n) is 4.51. The van der Waals surface area contributed by atoms with Crippen LogP contribution in [0, 0.1) is 0 Å². The number of benzene rings is 1. The molecule has 1 amide bonds. The van der Waals surface area contributed by atoms with Crippen LogP contribution in [-0.4, -0.2) is 74.3 Å². The Balaban J connectivity index is 1.12. The number of carbonyl (C=O) groups is 1. The van der Waals surface area contributed by atoms with Gasteiger partial charge < -0.3 is 25.5 Å². The first kappa shape index (κ1) is 23.9. The Morgan fingerprint density at radius 3 is 2.55 bits per heavy atom. The standard InChI is InChI=1S/C24H25N9O4S/c25-18(34)14-37-16-5-3-15(4-6-16)31-10-7-30(8-11-31)9-12-32-21-19(38-24(32)35)22-27-20(17-2-1-13-36-17)29-33(22)23(26)28-21/h1-6,13H,7-12,14H2,(H2,25,34)(H2,26,28). The number of furan rings is 1. The summed E-state index contributed by atoms with van der Waals surface area (Å²) in [5, 5.41) is 4.40. The number of primary amides is 1. The molecule has 1 aliphatic rings. The Morgan fingerprint density at radius 2 is 1.84 bits per heavy atom. The van der Waals surface area contributed by atoms with Gasteiger partial charge in [0.1, 0.15) is 10.4 Å². The molecule has 1 aliphatic heterocycles. The lowest BCUT2D eigenvalue weighted by Crippen LogP contribution is -2.47. The van der Waals surface area contributed by atoms with Gasteiger partial charge in [-0.1, -0.05) is 11.3 Å². The van der Waals surface area contributed by atoms with Crippen molar-refractivity contribution in [2.75, 3.05) is 50.0 Å². The molecule has 0 atom stereocenters. The molecule has 6 rings (SSSR count). The topological polar surface area (TPSA) is 163 Å². The van der Waals surface area contributed by atoms with Gasteiger partial charge in [0, 0.05) is 45.0 Å². The van der Waals surface area contributed by atoms with E-state index in [2.05, 4.69) is 24.9 Å². The van der Waals surface area contributed by atoms with Gasteiger partial charge in [-0.2, -0.15) is 9.50 Å². The maximum Gasteiger partial charge on any atom is 0.309 e. The van der Waals surface area contributed by atoms with Crippen molar-refractivity contribution in [1.29, 1.82) is 0 Å². The number of hydrogen-bond acceptors (Lipinski definition) is 11. The number of ether oxygens (including phenoxy) is 1. The molecule has 0 aliphatic carbocycles. The molecule has 5 heterocycles. The van der Waals surface area contributed by atoms with E-state index >= 15 is 0 Å². The molecular formula is C24H25N9O4S. The first-order valence-electron chi connectivity index (χ1n) is 12.0. The van der Waals surface area contributed by atoms with Crippen LogP contribution in [-0.2, 0) is 11.3 Å². The normalized spacial score (nSPS) is 14.5. The van der Waals surface area contributed by atoms with E-state index in [1.807, 2.05) is 24.3 Å². The summed E-state index contributed by atoms with van der Waals surface area (Å²) in [6, 6.07) is 11.1. The number of piperazine rings is 1. The van der Waals surface area contributed by atoms with Crippen LogP contribution in [0.15, 0.2) is 51.9 Å². The molecule has 14 heteroatoms. The number of nitrogens with zero attached hydrogens (tertiary/aromatic N) is 7. The Labute approximate surface area is 219 Å². The molecular weight excluding hydrogens is 510 g/mol. The smallest absolute Gasteiger partial charge is 0.309 e. The summed E-state index contributed by atoms with van der Waals surface area (Å²) >= 11 is 1.09. The number of rotatable bonds is 8. The highest BCUT2D eigenvalue weighted by molar-refractivity contribution is 7.17. The monoisotopic (exact) mass is 535 g/mol. The van der Waals surface area contributed by atoms with E-state index in [4.69, 9.17) is 20.6 Å². The van der Waals surface area contributed by atoms with E-state index in [1.54, 1.807) is 23.0 Å². The van der Waals surface area contributed by atoms with Crippen LogP contribution < -0.4 is 26.0 Å². The lowest BCUT2D eigenvalue weighted by Gasteiger charge is -2.36. The summed E-state index contributed by atoms with van der Waals surface area (Å²) in [7, 11) is 0. The van der Waals surface area contributed by atoms with Crippen LogP contribution in [0.25, 0.3) is 27.6 Å². The van der Waals surface area contributed by atoms with Gasteiger partial charge in [-0.05, 0) is 36.4 Å².